The zero-order valence-electron chi connectivity index (χ0n) is 10.1. The van der Waals surface area contributed by atoms with Crippen molar-refractivity contribution < 1.29 is 0 Å². The Morgan fingerprint density at radius 1 is 1.56 bits per heavy atom. The average Bonchev–Trinajstić information content (AvgIpc) is 2.25. The van der Waals surface area contributed by atoms with Crippen molar-refractivity contribution in [2.45, 2.75) is 32.0 Å². The molecule has 0 saturated heterocycles. The Morgan fingerprint density at radius 2 is 2.19 bits per heavy atom. The summed E-state index contributed by atoms with van der Waals surface area (Å²) in [5, 5.41) is 1.47. The van der Waals surface area contributed by atoms with E-state index in [1.54, 1.807) is 11.6 Å². The molecule has 0 aliphatic heterocycles. The molecule has 3 nitrogen and oxygen atoms in total. The molecule has 1 rings (SSSR count). The second-order valence-corrected chi connectivity index (χ2v) is 5.02. The van der Waals surface area contributed by atoms with Crippen molar-refractivity contribution in [3.05, 3.63) is 26.7 Å². The molecule has 1 unspecified atom stereocenters. The molecular formula is C12H17BrN2O. The first-order valence-corrected chi connectivity index (χ1v) is 6.32. The predicted octanol–water partition coefficient (Wildman–Crippen LogP) is 1.23. The van der Waals surface area contributed by atoms with Crippen LogP contribution in [0.2, 0.25) is 0 Å². The number of hydrogen-bond acceptors (Lipinski definition) is 2. The molecule has 1 aromatic heterocycles. The Bertz CT molecular complexity index is 543. The standard InChI is InChI=1S/C12H17BrN2O/c1-5-7-9-10(6-2)14-11(8(3)13)15(4)12(9)16/h6-8H,5H2,1-4H3/b9-7+,10-6+. The van der Waals surface area contributed by atoms with Gasteiger partial charge < -0.3 is 0 Å². The summed E-state index contributed by atoms with van der Waals surface area (Å²) in [6.07, 6.45) is 4.64. The second kappa shape index (κ2) is 5.43. The topological polar surface area (TPSA) is 34.9 Å². The Kier molecular flexibility index (Phi) is 4.47. The van der Waals surface area contributed by atoms with Crippen LogP contribution < -0.4 is 16.1 Å². The van der Waals surface area contributed by atoms with Gasteiger partial charge in [0.15, 0.2) is 0 Å². The van der Waals surface area contributed by atoms with Crippen LogP contribution in [0.25, 0.3) is 12.2 Å². The number of halogens is 1. The van der Waals surface area contributed by atoms with Crippen LogP contribution in [0, 0.1) is 0 Å². The quantitative estimate of drug-likeness (QED) is 0.766. The van der Waals surface area contributed by atoms with Gasteiger partial charge in [-0.25, -0.2) is 4.98 Å². The number of nitrogens with zero attached hydrogens (tertiary/aromatic N) is 2. The van der Waals surface area contributed by atoms with Crippen LogP contribution in [0.5, 0.6) is 0 Å². The first kappa shape index (κ1) is 13.2. The van der Waals surface area contributed by atoms with Gasteiger partial charge in [0.1, 0.15) is 5.82 Å². The van der Waals surface area contributed by atoms with E-state index in [4.69, 9.17) is 0 Å². The second-order valence-electron chi connectivity index (χ2n) is 3.65. The van der Waals surface area contributed by atoms with Crippen LogP contribution in [0.4, 0.5) is 0 Å². The SMILES string of the molecule is C/C=c1/nc(C(C)Br)n(C)c(=O)/c1=C/CC. The van der Waals surface area contributed by atoms with Crippen molar-refractivity contribution in [1.82, 2.24) is 9.55 Å². The maximum Gasteiger partial charge on any atom is 0.260 e. The van der Waals surface area contributed by atoms with Crippen LogP contribution in [0.3, 0.4) is 0 Å². The molecule has 0 fully saturated rings. The van der Waals surface area contributed by atoms with Crippen LogP contribution >= 0.6 is 15.9 Å². The van der Waals surface area contributed by atoms with E-state index in [2.05, 4.69) is 20.9 Å². The minimum atomic E-state index is 0.0197. The van der Waals surface area contributed by atoms with Gasteiger partial charge in [-0.2, -0.15) is 0 Å². The highest BCUT2D eigenvalue weighted by molar-refractivity contribution is 9.09. The van der Waals surface area contributed by atoms with Gasteiger partial charge in [0.2, 0.25) is 0 Å². The zero-order valence-corrected chi connectivity index (χ0v) is 11.7. The molecule has 16 heavy (non-hydrogen) atoms. The van der Waals surface area contributed by atoms with Crippen molar-refractivity contribution in [2.24, 2.45) is 7.05 Å². The fourth-order valence-corrected chi connectivity index (χ4v) is 2.03. The van der Waals surface area contributed by atoms with Gasteiger partial charge in [0.25, 0.3) is 5.56 Å². The van der Waals surface area contributed by atoms with Crippen molar-refractivity contribution in [1.29, 1.82) is 0 Å². The third-order valence-corrected chi connectivity index (χ3v) is 2.84. The highest BCUT2D eigenvalue weighted by atomic mass is 79.9. The summed E-state index contributed by atoms with van der Waals surface area (Å²) in [5.74, 6) is 0.756. The summed E-state index contributed by atoms with van der Waals surface area (Å²) in [6.45, 7) is 5.88. The molecule has 0 bridgehead atoms. The predicted molar refractivity (Wildman–Crippen MR) is 71.0 cm³/mol. The lowest BCUT2D eigenvalue weighted by Crippen LogP contribution is -2.47. The van der Waals surface area contributed by atoms with Gasteiger partial charge in [-0.3, -0.25) is 9.36 Å². The van der Waals surface area contributed by atoms with Crippen LogP contribution in [-0.2, 0) is 7.05 Å². The molecular weight excluding hydrogens is 268 g/mol. The number of aromatic nitrogens is 2. The molecule has 0 amide bonds. The highest BCUT2D eigenvalue weighted by Gasteiger charge is 2.09. The molecule has 0 N–H and O–H groups in total. The Labute approximate surface area is 104 Å². The number of alkyl halides is 1. The van der Waals surface area contributed by atoms with Crippen LogP contribution in [-0.4, -0.2) is 9.55 Å². The van der Waals surface area contributed by atoms with E-state index >= 15 is 0 Å². The van der Waals surface area contributed by atoms with Gasteiger partial charge >= 0.3 is 0 Å². The fraction of sp³-hybridized carbons (Fsp3) is 0.500. The van der Waals surface area contributed by atoms with E-state index in [0.29, 0.717) is 5.22 Å². The molecule has 0 aliphatic carbocycles. The van der Waals surface area contributed by atoms with Crippen molar-refractivity contribution >= 4 is 28.1 Å². The summed E-state index contributed by atoms with van der Waals surface area (Å²) in [6, 6.07) is 0. The lowest BCUT2D eigenvalue weighted by molar-refractivity contribution is 0.717. The molecule has 0 saturated carbocycles. The summed E-state index contributed by atoms with van der Waals surface area (Å²) in [5.41, 5.74) is 0.0197. The van der Waals surface area contributed by atoms with Crippen LogP contribution in [0.15, 0.2) is 4.79 Å². The molecule has 1 heterocycles. The summed E-state index contributed by atoms with van der Waals surface area (Å²) >= 11 is 3.45. The monoisotopic (exact) mass is 284 g/mol. The van der Waals surface area contributed by atoms with E-state index in [9.17, 15) is 4.79 Å². The summed E-state index contributed by atoms with van der Waals surface area (Å²) in [4.78, 5) is 16.7. The molecule has 0 aliphatic rings. The molecule has 1 aromatic rings. The minimum Gasteiger partial charge on any atom is -0.298 e. The molecule has 1 atom stereocenters. The maximum absolute atomic E-state index is 12.1. The molecule has 0 aromatic carbocycles. The third kappa shape index (κ3) is 2.43. The lowest BCUT2D eigenvalue weighted by Gasteiger charge is -2.09. The van der Waals surface area contributed by atoms with E-state index in [0.717, 1.165) is 17.6 Å². The number of rotatable bonds is 2. The van der Waals surface area contributed by atoms with Crippen molar-refractivity contribution in [2.75, 3.05) is 0 Å². The Morgan fingerprint density at radius 3 is 2.62 bits per heavy atom. The first-order chi connectivity index (χ1) is 7.52. The first-order valence-electron chi connectivity index (χ1n) is 5.40. The van der Waals surface area contributed by atoms with Gasteiger partial charge in [-0.05, 0) is 20.3 Å². The van der Waals surface area contributed by atoms with E-state index in [1.807, 2.05) is 32.9 Å². The normalized spacial score (nSPS) is 15.6. The minimum absolute atomic E-state index is 0.0197. The largest absolute Gasteiger partial charge is 0.298 e. The van der Waals surface area contributed by atoms with Crippen molar-refractivity contribution in [3.8, 4) is 0 Å². The molecule has 0 radical (unpaired) electrons. The average molecular weight is 285 g/mol. The van der Waals surface area contributed by atoms with E-state index < -0.39 is 0 Å². The van der Waals surface area contributed by atoms with E-state index in [-0.39, 0.29) is 10.4 Å². The summed E-state index contributed by atoms with van der Waals surface area (Å²) in [7, 11) is 1.76. The van der Waals surface area contributed by atoms with Crippen LogP contribution in [0.1, 0.15) is 37.8 Å². The maximum atomic E-state index is 12.1. The van der Waals surface area contributed by atoms with Crippen molar-refractivity contribution in [3.63, 3.8) is 0 Å². The van der Waals surface area contributed by atoms with E-state index in [1.165, 1.54) is 0 Å². The zero-order chi connectivity index (χ0) is 12.3. The van der Waals surface area contributed by atoms with Gasteiger partial charge in [0, 0.05) is 7.05 Å². The fourth-order valence-electron chi connectivity index (χ4n) is 1.62. The molecule has 4 heteroatoms. The smallest absolute Gasteiger partial charge is 0.260 e. The van der Waals surface area contributed by atoms with Gasteiger partial charge in [0.05, 0.1) is 15.4 Å². The van der Waals surface area contributed by atoms with Gasteiger partial charge in [-0.1, -0.05) is 35.0 Å². The third-order valence-electron chi connectivity index (χ3n) is 2.43. The summed E-state index contributed by atoms with van der Waals surface area (Å²) < 4.78 is 1.61. The van der Waals surface area contributed by atoms with Gasteiger partial charge in [-0.15, -0.1) is 0 Å². The Balaban J connectivity index is 3.78. The highest BCUT2D eigenvalue weighted by Crippen LogP contribution is 2.15. The number of hydrogen-bond donors (Lipinski definition) is 0. The Hall–Kier alpha value is -0.900. The molecule has 88 valence electrons. The lowest BCUT2D eigenvalue weighted by atomic mass is 10.3. The molecule has 0 spiro atoms.